The number of fused-ring (bicyclic) bond motifs is 1. The van der Waals surface area contributed by atoms with Crippen LogP contribution in [0.2, 0.25) is 0 Å². The summed E-state index contributed by atoms with van der Waals surface area (Å²) in [5, 5.41) is 3.84. The Morgan fingerprint density at radius 1 is 1.07 bits per heavy atom. The number of nitrogens with one attached hydrogen (secondary N) is 1. The molecule has 9 heteroatoms. The molecule has 1 atom stereocenters. The van der Waals surface area contributed by atoms with Gasteiger partial charge >= 0.3 is 12.1 Å². The summed E-state index contributed by atoms with van der Waals surface area (Å²) in [6, 6.07) is 9.23. The number of likely N-dealkylation sites (tertiary alicyclic amines) is 1. The average molecular weight is 566 g/mol. The average Bonchev–Trinajstić information content (AvgIpc) is 3.35. The van der Waals surface area contributed by atoms with E-state index in [2.05, 4.69) is 10.2 Å². The standard InChI is InChI=1S/C31H39N3O6.CH4/c1-19-16-27(38-6)24(22-13-15-34(28(19)22)30(37)40-31(3,4)5)18-33-14-9-8-10-26(33)23-12-11-21(29(36)39-7)17-25(23)32-20(2)35;/h11-13,15-17,26H,8-10,14,18H2,1-7H3,(H,32,35);1H4. The fourth-order valence-corrected chi connectivity index (χ4v) is 5.50. The van der Waals surface area contributed by atoms with Crippen molar-refractivity contribution in [2.45, 2.75) is 79.5 Å². The van der Waals surface area contributed by atoms with Gasteiger partial charge in [0.15, 0.2) is 0 Å². The molecule has 1 aliphatic rings. The lowest BCUT2D eigenvalue weighted by Crippen LogP contribution is -2.33. The Labute approximate surface area is 242 Å². The van der Waals surface area contributed by atoms with Crippen LogP contribution in [0.25, 0.3) is 10.9 Å². The number of hydrogen-bond donors (Lipinski definition) is 1. The molecule has 2 heterocycles. The number of anilines is 1. The molecule has 2 aromatic carbocycles. The van der Waals surface area contributed by atoms with E-state index in [-0.39, 0.29) is 19.4 Å². The van der Waals surface area contributed by atoms with E-state index in [0.717, 1.165) is 59.2 Å². The molecule has 1 unspecified atom stereocenters. The summed E-state index contributed by atoms with van der Waals surface area (Å²) in [6.07, 6.45) is 4.28. The molecule has 1 fully saturated rings. The van der Waals surface area contributed by atoms with Gasteiger partial charge in [0.1, 0.15) is 11.4 Å². The molecule has 1 aromatic heterocycles. The van der Waals surface area contributed by atoms with Crippen molar-refractivity contribution in [1.29, 1.82) is 0 Å². The zero-order valence-electron chi connectivity index (χ0n) is 24.4. The van der Waals surface area contributed by atoms with Gasteiger partial charge in [-0.05, 0) is 82.5 Å². The fraction of sp³-hybridized carbons (Fsp3) is 0.469. The lowest BCUT2D eigenvalue weighted by atomic mass is 9.92. The second-order valence-corrected chi connectivity index (χ2v) is 11.3. The molecular formula is C32H43N3O6. The molecule has 4 rings (SSSR count). The maximum absolute atomic E-state index is 13.0. The van der Waals surface area contributed by atoms with Crippen LogP contribution in [0.3, 0.4) is 0 Å². The number of piperidine rings is 1. The minimum Gasteiger partial charge on any atom is -0.496 e. The van der Waals surface area contributed by atoms with Gasteiger partial charge in [-0.2, -0.15) is 0 Å². The molecule has 9 nitrogen and oxygen atoms in total. The van der Waals surface area contributed by atoms with Gasteiger partial charge in [0.25, 0.3) is 0 Å². The van der Waals surface area contributed by atoms with Crippen LogP contribution in [0.15, 0.2) is 36.5 Å². The maximum Gasteiger partial charge on any atom is 0.419 e. The smallest absolute Gasteiger partial charge is 0.419 e. The largest absolute Gasteiger partial charge is 0.496 e. The molecule has 0 radical (unpaired) electrons. The van der Waals surface area contributed by atoms with E-state index >= 15 is 0 Å². The zero-order chi connectivity index (χ0) is 29.2. The quantitative estimate of drug-likeness (QED) is 0.326. The molecule has 1 saturated heterocycles. The maximum atomic E-state index is 13.0. The van der Waals surface area contributed by atoms with Crippen molar-refractivity contribution in [3.63, 3.8) is 0 Å². The minimum absolute atomic E-state index is 0. The number of carbonyl (C=O) groups excluding carboxylic acids is 3. The molecule has 1 amide bonds. The fourth-order valence-electron chi connectivity index (χ4n) is 5.50. The van der Waals surface area contributed by atoms with E-state index in [1.165, 1.54) is 14.0 Å². The van der Waals surface area contributed by atoms with Crippen LogP contribution < -0.4 is 10.1 Å². The molecule has 0 saturated carbocycles. The van der Waals surface area contributed by atoms with E-state index in [4.69, 9.17) is 14.2 Å². The lowest BCUT2D eigenvalue weighted by molar-refractivity contribution is -0.114. The predicted molar refractivity (Wildman–Crippen MR) is 161 cm³/mol. The van der Waals surface area contributed by atoms with Gasteiger partial charge < -0.3 is 19.5 Å². The van der Waals surface area contributed by atoms with Gasteiger partial charge in [0.2, 0.25) is 5.91 Å². The second kappa shape index (κ2) is 12.8. The number of nitrogens with zero attached hydrogens (tertiary/aromatic N) is 2. The van der Waals surface area contributed by atoms with Crippen molar-refractivity contribution in [3.05, 3.63) is 58.8 Å². The Morgan fingerprint density at radius 2 is 1.80 bits per heavy atom. The number of carbonyl (C=O) groups is 3. The van der Waals surface area contributed by atoms with Crippen molar-refractivity contribution in [1.82, 2.24) is 9.47 Å². The van der Waals surface area contributed by atoms with Crippen LogP contribution in [0.5, 0.6) is 5.75 Å². The lowest BCUT2D eigenvalue weighted by Gasteiger charge is -2.37. The first-order valence-electron chi connectivity index (χ1n) is 13.6. The van der Waals surface area contributed by atoms with Crippen LogP contribution in [0, 0.1) is 6.92 Å². The number of rotatable bonds is 6. The van der Waals surface area contributed by atoms with Crippen molar-refractivity contribution in [2.24, 2.45) is 0 Å². The van der Waals surface area contributed by atoms with E-state index in [0.29, 0.717) is 17.8 Å². The van der Waals surface area contributed by atoms with Crippen LogP contribution in [-0.2, 0) is 20.8 Å². The molecule has 0 spiro atoms. The van der Waals surface area contributed by atoms with E-state index < -0.39 is 17.7 Å². The summed E-state index contributed by atoms with van der Waals surface area (Å²) < 4.78 is 18.0. The van der Waals surface area contributed by atoms with Crippen LogP contribution >= 0.6 is 0 Å². The van der Waals surface area contributed by atoms with E-state index in [1.807, 2.05) is 45.9 Å². The molecule has 41 heavy (non-hydrogen) atoms. The Bertz CT molecular complexity index is 1440. The van der Waals surface area contributed by atoms with Gasteiger partial charge in [-0.1, -0.05) is 19.9 Å². The number of esters is 1. The molecule has 0 bridgehead atoms. The molecular weight excluding hydrogens is 522 g/mol. The number of benzene rings is 2. The van der Waals surface area contributed by atoms with Gasteiger partial charge in [0, 0.05) is 42.3 Å². The SMILES string of the molecule is C.COC(=O)c1ccc(C2CCCCN2Cc2c(OC)cc(C)c3c2ccn3C(=O)OC(C)(C)C)c(NC(C)=O)c1. The Kier molecular flexibility index (Phi) is 9.86. The van der Waals surface area contributed by atoms with Crippen molar-refractivity contribution in [2.75, 3.05) is 26.1 Å². The monoisotopic (exact) mass is 565 g/mol. The number of ether oxygens (including phenoxy) is 3. The zero-order valence-corrected chi connectivity index (χ0v) is 24.4. The number of methoxy groups -OCH3 is 2. The first-order chi connectivity index (χ1) is 18.9. The summed E-state index contributed by atoms with van der Waals surface area (Å²) in [4.78, 5) is 39.7. The van der Waals surface area contributed by atoms with Crippen LogP contribution in [-0.4, -0.2) is 53.8 Å². The van der Waals surface area contributed by atoms with Gasteiger partial charge in [0.05, 0.1) is 25.3 Å². The van der Waals surface area contributed by atoms with Crippen molar-refractivity contribution in [3.8, 4) is 5.75 Å². The van der Waals surface area contributed by atoms with E-state index in [1.54, 1.807) is 30.0 Å². The highest BCUT2D eigenvalue weighted by atomic mass is 16.6. The highest BCUT2D eigenvalue weighted by Crippen LogP contribution is 2.40. The normalized spacial score (nSPS) is 15.6. The first-order valence-corrected chi connectivity index (χ1v) is 13.6. The second-order valence-electron chi connectivity index (χ2n) is 11.3. The van der Waals surface area contributed by atoms with Crippen LogP contribution in [0.4, 0.5) is 10.5 Å². The Balaban J connectivity index is 0.00000462. The Hall–Kier alpha value is -3.85. The highest BCUT2D eigenvalue weighted by molar-refractivity contribution is 5.96. The van der Waals surface area contributed by atoms with Gasteiger partial charge in [-0.25, -0.2) is 9.59 Å². The van der Waals surface area contributed by atoms with Crippen LogP contribution in [0.1, 0.15) is 87.5 Å². The van der Waals surface area contributed by atoms with Gasteiger partial charge in [-0.15, -0.1) is 0 Å². The molecule has 222 valence electrons. The molecule has 0 aliphatic carbocycles. The minimum atomic E-state index is -0.618. The highest BCUT2D eigenvalue weighted by Gasteiger charge is 2.29. The Morgan fingerprint density at radius 3 is 2.44 bits per heavy atom. The number of amides is 1. The molecule has 3 aromatic rings. The number of aryl methyl sites for hydroxylation is 1. The summed E-state index contributed by atoms with van der Waals surface area (Å²) >= 11 is 0. The molecule has 1 aliphatic heterocycles. The van der Waals surface area contributed by atoms with Crippen molar-refractivity contribution < 1.29 is 28.6 Å². The van der Waals surface area contributed by atoms with Crippen molar-refractivity contribution >= 4 is 34.6 Å². The van der Waals surface area contributed by atoms with E-state index in [9.17, 15) is 14.4 Å². The number of aromatic nitrogens is 1. The third-order valence-electron chi connectivity index (χ3n) is 7.16. The predicted octanol–water partition coefficient (Wildman–Crippen LogP) is 6.85. The summed E-state index contributed by atoms with van der Waals surface area (Å²) in [6.45, 7) is 10.4. The third-order valence-corrected chi connectivity index (χ3v) is 7.16. The third kappa shape index (κ3) is 6.90. The number of hydrogen-bond acceptors (Lipinski definition) is 7. The topological polar surface area (TPSA) is 99.1 Å². The van der Waals surface area contributed by atoms with Gasteiger partial charge in [-0.3, -0.25) is 14.3 Å². The summed E-state index contributed by atoms with van der Waals surface area (Å²) in [5.74, 6) is 0.0790. The summed E-state index contributed by atoms with van der Waals surface area (Å²) in [7, 11) is 2.99. The molecule has 1 N–H and O–H groups in total. The first kappa shape index (κ1) is 31.7. The summed E-state index contributed by atoms with van der Waals surface area (Å²) in [5.41, 5.74) is 3.98.